The van der Waals surface area contributed by atoms with Crippen molar-refractivity contribution in [2.24, 2.45) is 0 Å². The SMILES string of the molecule is COc1ccc2c(c1)CCCC21CC(=O)N(CCCC[Se]C#N)C1=O. The first-order valence-corrected chi connectivity index (χ1v) is 10.7. The molecule has 1 heterocycles. The summed E-state index contributed by atoms with van der Waals surface area (Å²) < 4.78 is 5.30. The fourth-order valence-corrected chi connectivity index (χ4v) is 4.93. The summed E-state index contributed by atoms with van der Waals surface area (Å²) >= 11 is 0.0155. The van der Waals surface area contributed by atoms with Gasteiger partial charge in [-0.05, 0) is 0 Å². The molecular weight excluding hydrogens is 383 g/mol. The van der Waals surface area contributed by atoms with Crippen molar-refractivity contribution in [2.75, 3.05) is 13.7 Å². The van der Waals surface area contributed by atoms with Gasteiger partial charge in [-0.15, -0.1) is 0 Å². The van der Waals surface area contributed by atoms with E-state index in [0.717, 1.165) is 54.3 Å². The molecule has 1 saturated heterocycles. The molecule has 132 valence electrons. The zero-order chi connectivity index (χ0) is 17.9. The third-order valence-electron chi connectivity index (χ3n) is 5.23. The van der Waals surface area contributed by atoms with Gasteiger partial charge in [0.25, 0.3) is 0 Å². The molecule has 0 bridgehead atoms. The second kappa shape index (κ2) is 7.59. The number of unbranched alkanes of at least 4 members (excludes halogenated alkanes) is 1. The van der Waals surface area contributed by atoms with Gasteiger partial charge < -0.3 is 0 Å². The van der Waals surface area contributed by atoms with Gasteiger partial charge in [-0.3, -0.25) is 0 Å². The number of imide groups is 1. The van der Waals surface area contributed by atoms with E-state index in [1.54, 1.807) is 7.11 Å². The molecule has 6 heteroatoms. The quantitative estimate of drug-likeness (QED) is 0.414. The predicted octanol–water partition coefficient (Wildman–Crippen LogP) is 2.41. The Morgan fingerprint density at radius 1 is 1.36 bits per heavy atom. The summed E-state index contributed by atoms with van der Waals surface area (Å²) in [5.41, 5.74) is 1.46. The number of ether oxygens (including phenoxy) is 1. The third kappa shape index (κ3) is 3.31. The maximum absolute atomic E-state index is 13.2. The average Bonchev–Trinajstić information content (AvgIpc) is 2.86. The fraction of sp³-hybridized carbons (Fsp3) is 0.526. The van der Waals surface area contributed by atoms with E-state index in [9.17, 15) is 9.59 Å². The van der Waals surface area contributed by atoms with E-state index in [1.807, 2.05) is 18.2 Å². The maximum atomic E-state index is 13.2. The molecule has 3 rings (SSSR count). The molecule has 0 N–H and O–H groups in total. The Hall–Kier alpha value is -1.83. The van der Waals surface area contributed by atoms with E-state index in [0.29, 0.717) is 6.54 Å². The van der Waals surface area contributed by atoms with Crippen molar-refractivity contribution < 1.29 is 14.3 Å². The standard InChI is InChI=1S/C19H22N2O3Se/c1-24-15-6-7-16-14(11-15)5-4-8-19(16)12-17(22)21(18(19)23)9-2-3-10-25-13-20/h6-7,11H,2-5,8-10,12H2,1H3. The molecule has 1 aromatic carbocycles. The van der Waals surface area contributed by atoms with Crippen molar-refractivity contribution in [2.45, 2.75) is 49.3 Å². The first-order valence-electron chi connectivity index (χ1n) is 8.65. The van der Waals surface area contributed by atoms with Crippen LogP contribution in [0.25, 0.3) is 0 Å². The second-order valence-electron chi connectivity index (χ2n) is 6.63. The molecule has 5 nitrogen and oxygen atoms in total. The van der Waals surface area contributed by atoms with E-state index in [-0.39, 0.29) is 33.2 Å². The Morgan fingerprint density at radius 3 is 2.96 bits per heavy atom. The van der Waals surface area contributed by atoms with Crippen molar-refractivity contribution in [3.63, 3.8) is 0 Å². The van der Waals surface area contributed by atoms with Crippen LogP contribution in [0.2, 0.25) is 5.32 Å². The molecule has 0 radical (unpaired) electrons. The first-order chi connectivity index (χ1) is 12.1. The summed E-state index contributed by atoms with van der Waals surface area (Å²) in [6, 6.07) is 5.86. The second-order valence-corrected chi connectivity index (χ2v) is 8.48. The molecule has 25 heavy (non-hydrogen) atoms. The number of hydrogen-bond donors (Lipinski definition) is 0. The number of hydrogen-bond acceptors (Lipinski definition) is 4. The molecule has 1 atom stereocenters. The minimum absolute atomic E-state index is 0.0155. The molecule has 1 aliphatic carbocycles. The van der Waals surface area contributed by atoms with Crippen molar-refractivity contribution >= 4 is 26.8 Å². The average molecular weight is 405 g/mol. The summed E-state index contributed by atoms with van der Waals surface area (Å²) in [5, 5.41) is 9.49. The van der Waals surface area contributed by atoms with Crippen LogP contribution in [0.1, 0.15) is 43.2 Å². The topological polar surface area (TPSA) is 70.4 Å². The van der Waals surface area contributed by atoms with Gasteiger partial charge in [-0.1, -0.05) is 0 Å². The first kappa shape index (κ1) is 18.0. The Balaban J connectivity index is 1.79. The Labute approximate surface area is 154 Å². The van der Waals surface area contributed by atoms with Gasteiger partial charge in [0.1, 0.15) is 0 Å². The molecular formula is C19H22N2O3Se. The number of likely N-dealkylation sites (tertiary alicyclic amines) is 1. The third-order valence-corrected chi connectivity index (χ3v) is 6.53. The van der Waals surface area contributed by atoms with Crippen LogP contribution in [0.15, 0.2) is 18.2 Å². The van der Waals surface area contributed by atoms with Gasteiger partial charge >= 0.3 is 147 Å². The van der Waals surface area contributed by atoms with Crippen molar-refractivity contribution in [3.8, 4) is 10.7 Å². The van der Waals surface area contributed by atoms with Crippen LogP contribution in [-0.2, 0) is 21.4 Å². The number of amides is 2. The monoisotopic (exact) mass is 406 g/mol. The van der Waals surface area contributed by atoms with Crippen LogP contribution in [0.5, 0.6) is 5.75 Å². The molecule has 0 aromatic heterocycles. The zero-order valence-electron chi connectivity index (χ0n) is 14.4. The molecule has 1 spiro atoms. The molecule has 1 fully saturated rings. The van der Waals surface area contributed by atoms with E-state index in [4.69, 9.17) is 10.00 Å². The number of nitrogens with zero attached hydrogens (tertiary/aromatic N) is 2. The molecule has 1 unspecified atom stereocenters. The summed E-state index contributed by atoms with van der Waals surface area (Å²) in [6.07, 6.45) is 4.54. The van der Waals surface area contributed by atoms with Crippen molar-refractivity contribution in [1.29, 1.82) is 5.26 Å². The van der Waals surface area contributed by atoms with Gasteiger partial charge in [-0.25, -0.2) is 0 Å². The molecule has 1 aliphatic heterocycles. The number of fused-ring (bicyclic) bond motifs is 2. The van der Waals surface area contributed by atoms with Crippen LogP contribution in [0, 0.1) is 10.2 Å². The van der Waals surface area contributed by atoms with Crippen LogP contribution in [0.3, 0.4) is 0 Å². The van der Waals surface area contributed by atoms with E-state index >= 15 is 0 Å². The number of carbonyl (C=O) groups is 2. The minimum atomic E-state index is -0.673. The van der Waals surface area contributed by atoms with Gasteiger partial charge in [0, 0.05) is 0 Å². The molecule has 2 aliphatic rings. The summed E-state index contributed by atoms with van der Waals surface area (Å²) in [7, 11) is 1.64. The summed E-state index contributed by atoms with van der Waals surface area (Å²) in [5.74, 6) is 0.706. The van der Waals surface area contributed by atoms with Gasteiger partial charge in [0.05, 0.1) is 7.11 Å². The van der Waals surface area contributed by atoms with Crippen molar-refractivity contribution in [3.05, 3.63) is 29.3 Å². The van der Waals surface area contributed by atoms with E-state index in [1.165, 1.54) is 4.90 Å². The number of rotatable bonds is 6. The summed E-state index contributed by atoms with van der Waals surface area (Å²) in [6.45, 7) is 0.479. The summed E-state index contributed by atoms with van der Waals surface area (Å²) in [4.78, 5) is 29.3. The normalized spacial score (nSPS) is 22.2. The Kier molecular flexibility index (Phi) is 5.46. The number of carbonyl (C=O) groups excluding carboxylic acids is 2. The van der Waals surface area contributed by atoms with Crippen LogP contribution in [-0.4, -0.2) is 45.3 Å². The van der Waals surface area contributed by atoms with Gasteiger partial charge in [0.15, 0.2) is 0 Å². The van der Waals surface area contributed by atoms with Crippen LogP contribution < -0.4 is 4.74 Å². The van der Waals surface area contributed by atoms with Gasteiger partial charge in [0.2, 0.25) is 0 Å². The number of nitriles is 1. The van der Waals surface area contributed by atoms with E-state index in [2.05, 4.69) is 4.97 Å². The van der Waals surface area contributed by atoms with Crippen LogP contribution >= 0.6 is 0 Å². The Bertz CT molecular complexity index is 728. The predicted molar refractivity (Wildman–Crippen MR) is 94.4 cm³/mol. The molecule has 2 amide bonds. The van der Waals surface area contributed by atoms with E-state index < -0.39 is 5.41 Å². The molecule has 0 saturated carbocycles. The zero-order valence-corrected chi connectivity index (χ0v) is 16.1. The fourth-order valence-electron chi connectivity index (χ4n) is 4.01. The number of aryl methyl sites for hydroxylation is 1. The Morgan fingerprint density at radius 2 is 2.20 bits per heavy atom. The number of methoxy groups -OCH3 is 1. The molecule has 1 aromatic rings. The van der Waals surface area contributed by atoms with Crippen LogP contribution in [0.4, 0.5) is 0 Å². The number of benzene rings is 1. The van der Waals surface area contributed by atoms with Crippen molar-refractivity contribution in [1.82, 2.24) is 4.90 Å². The van der Waals surface area contributed by atoms with Gasteiger partial charge in [-0.2, -0.15) is 0 Å².